The topological polar surface area (TPSA) is 52.2 Å². The minimum atomic E-state index is 0.0408. The number of likely N-dealkylation sites (tertiary alicyclic amines) is 1. The molecule has 1 amide bonds. The van der Waals surface area contributed by atoms with Gasteiger partial charge in [0.25, 0.3) is 5.91 Å². The van der Waals surface area contributed by atoms with Gasteiger partial charge in [0.05, 0.1) is 17.8 Å². The second kappa shape index (κ2) is 7.45. The van der Waals surface area contributed by atoms with Crippen molar-refractivity contribution in [1.29, 1.82) is 0 Å². The summed E-state index contributed by atoms with van der Waals surface area (Å²) in [4.78, 5) is 17.5. The predicted molar refractivity (Wildman–Crippen MR) is 105 cm³/mol. The molecule has 0 saturated carbocycles. The Morgan fingerprint density at radius 1 is 1.23 bits per heavy atom. The number of carbonyl (C=O) groups is 1. The maximum Gasteiger partial charge on any atom is 0.274 e. The van der Waals surface area contributed by atoms with Crippen LogP contribution in [0, 0.1) is 6.92 Å². The molecule has 0 aliphatic carbocycles. The number of nitrogens with zero attached hydrogens (tertiary/aromatic N) is 3. The van der Waals surface area contributed by atoms with E-state index in [2.05, 4.69) is 53.3 Å². The number of H-pyrrole nitrogens is 1. The lowest BCUT2D eigenvalue weighted by atomic mass is 10.0. The standard InChI is InChI=1S/C20H26N4OS/c1-14-5-7-15(8-6-14)19-13-26-11-10-24(19)20(25)17-12-16(21-22-17)18-4-3-9-23(18)2/h5-8,12,18-19H,3-4,9-11,13H2,1-2H3,(H,21,22). The van der Waals surface area contributed by atoms with Gasteiger partial charge in [-0.05, 0) is 45.0 Å². The van der Waals surface area contributed by atoms with Gasteiger partial charge in [-0.25, -0.2) is 0 Å². The summed E-state index contributed by atoms with van der Waals surface area (Å²) in [5, 5.41) is 7.48. The Balaban J connectivity index is 1.55. The first-order valence-electron chi connectivity index (χ1n) is 9.34. The summed E-state index contributed by atoms with van der Waals surface area (Å²) in [7, 11) is 2.13. The fourth-order valence-electron chi connectivity index (χ4n) is 3.98. The minimum Gasteiger partial charge on any atom is -0.329 e. The third kappa shape index (κ3) is 3.40. The van der Waals surface area contributed by atoms with Gasteiger partial charge in [0.15, 0.2) is 0 Å². The maximum absolute atomic E-state index is 13.2. The summed E-state index contributed by atoms with van der Waals surface area (Å²) in [5.74, 6) is 1.97. The number of amides is 1. The molecule has 1 aromatic heterocycles. The van der Waals surface area contributed by atoms with Gasteiger partial charge in [-0.2, -0.15) is 16.9 Å². The highest BCUT2D eigenvalue weighted by atomic mass is 32.2. The molecule has 0 bridgehead atoms. The van der Waals surface area contributed by atoms with Crippen LogP contribution in [0.1, 0.15) is 52.2 Å². The SMILES string of the molecule is Cc1ccc(C2CSCCN2C(=O)c2cc(C3CCCN3C)[nH]n2)cc1. The summed E-state index contributed by atoms with van der Waals surface area (Å²) < 4.78 is 0. The van der Waals surface area contributed by atoms with E-state index < -0.39 is 0 Å². The van der Waals surface area contributed by atoms with Crippen LogP contribution in [-0.2, 0) is 0 Å². The molecule has 5 nitrogen and oxygen atoms in total. The van der Waals surface area contributed by atoms with Crippen molar-refractivity contribution in [3.63, 3.8) is 0 Å². The quantitative estimate of drug-likeness (QED) is 0.899. The van der Waals surface area contributed by atoms with Crippen LogP contribution in [0.2, 0.25) is 0 Å². The molecule has 4 rings (SSSR count). The molecule has 0 radical (unpaired) electrons. The van der Waals surface area contributed by atoms with Crippen LogP contribution in [0.25, 0.3) is 0 Å². The van der Waals surface area contributed by atoms with Gasteiger partial charge in [-0.15, -0.1) is 0 Å². The number of rotatable bonds is 3. The summed E-state index contributed by atoms with van der Waals surface area (Å²) in [6.07, 6.45) is 2.32. The zero-order chi connectivity index (χ0) is 18.1. The van der Waals surface area contributed by atoms with Crippen molar-refractivity contribution in [3.8, 4) is 0 Å². The van der Waals surface area contributed by atoms with Crippen LogP contribution in [0.4, 0.5) is 0 Å². The Morgan fingerprint density at radius 3 is 2.77 bits per heavy atom. The van der Waals surface area contributed by atoms with E-state index in [4.69, 9.17) is 0 Å². The Morgan fingerprint density at radius 2 is 2.04 bits per heavy atom. The molecule has 6 heteroatoms. The molecule has 3 heterocycles. The van der Waals surface area contributed by atoms with E-state index in [1.54, 1.807) is 0 Å². The average Bonchev–Trinajstić information content (AvgIpc) is 3.30. The Labute approximate surface area is 159 Å². The zero-order valence-corrected chi connectivity index (χ0v) is 16.3. The van der Waals surface area contributed by atoms with E-state index in [0.29, 0.717) is 11.7 Å². The molecule has 2 fully saturated rings. The second-order valence-corrected chi connectivity index (χ2v) is 8.50. The predicted octanol–water partition coefficient (Wildman–Crippen LogP) is 3.42. The monoisotopic (exact) mass is 370 g/mol. The molecule has 2 aliphatic rings. The van der Waals surface area contributed by atoms with E-state index in [1.807, 2.05) is 22.7 Å². The van der Waals surface area contributed by atoms with Crippen molar-refractivity contribution >= 4 is 17.7 Å². The van der Waals surface area contributed by atoms with Crippen LogP contribution >= 0.6 is 11.8 Å². The van der Waals surface area contributed by atoms with Crippen molar-refractivity contribution in [1.82, 2.24) is 20.0 Å². The van der Waals surface area contributed by atoms with E-state index in [0.717, 1.165) is 36.7 Å². The smallest absolute Gasteiger partial charge is 0.274 e. The highest BCUT2D eigenvalue weighted by molar-refractivity contribution is 7.99. The molecule has 2 saturated heterocycles. The lowest BCUT2D eigenvalue weighted by Gasteiger charge is -2.35. The van der Waals surface area contributed by atoms with Gasteiger partial charge < -0.3 is 4.90 Å². The molecular weight excluding hydrogens is 344 g/mol. The molecule has 2 atom stereocenters. The third-order valence-corrected chi connectivity index (χ3v) is 6.57. The lowest BCUT2D eigenvalue weighted by Crippen LogP contribution is -2.41. The van der Waals surface area contributed by atoms with Gasteiger partial charge in [0.2, 0.25) is 0 Å². The lowest BCUT2D eigenvalue weighted by molar-refractivity contribution is 0.0695. The van der Waals surface area contributed by atoms with Gasteiger partial charge in [0.1, 0.15) is 5.69 Å². The van der Waals surface area contributed by atoms with Crippen LogP contribution in [0.15, 0.2) is 30.3 Å². The molecule has 2 aliphatic heterocycles. The van der Waals surface area contributed by atoms with Crippen molar-refractivity contribution < 1.29 is 4.79 Å². The highest BCUT2D eigenvalue weighted by Gasteiger charge is 2.31. The first kappa shape index (κ1) is 17.6. The number of aryl methyl sites for hydroxylation is 1. The number of benzene rings is 1. The van der Waals surface area contributed by atoms with Crippen LogP contribution in [-0.4, -0.2) is 57.5 Å². The number of nitrogens with one attached hydrogen (secondary N) is 1. The third-order valence-electron chi connectivity index (χ3n) is 5.55. The number of hydrogen-bond acceptors (Lipinski definition) is 4. The molecule has 1 N–H and O–H groups in total. The number of hydrogen-bond donors (Lipinski definition) is 1. The Kier molecular flexibility index (Phi) is 5.05. The average molecular weight is 371 g/mol. The number of aromatic nitrogens is 2. The Hall–Kier alpha value is -1.79. The van der Waals surface area contributed by atoms with E-state index in [9.17, 15) is 4.79 Å². The second-order valence-electron chi connectivity index (χ2n) is 7.35. The summed E-state index contributed by atoms with van der Waals surface area (Å²) in [5.41, 5.74) is 4.06. The van der Waals surface area contributed by atoms with Gasteiger partial charge >= 0.3 is 0 Å². The van der Waals surface area contributed by atoms with E-state index >= 15 is 0 Å². The van der Waals surface area contributed by atoms with Crippen molar-refractivity contribution in [2.45, 2.75) is 31.8 Å². The van der Waals surface area contributed by atoms with Gasteiger partial charge in [0, 0.05) is 18.1 Å². The summed E-state index contributed by atoms with van der Waals surface area (Å²) >= 11 is 1.92. The van der Waals surface area contributed by atoms with Crippen molar-refractivity contribution in [2.75, 3.05) is 31.6 Å². The first-order chi connectivity index (χ1) is 12.6. The molecular formula is C20H26N4OS. The fraction of sp³-hybridized carbons (Fsp3) is 0.500. The van der Waals surface area contributed by atoms with Crippen molar-refractivity contribution in [2.24, 2.45) is 0 Å². The molecule has 2 unspecified atom stereocenters. The Bertz CT molecular complexity index is 772. The van der Waals surface area contributed by atoms with Crippen LogP contribution in [0.5, 0.6) is 0 Å². The molecule has 26 heavy (non-hydrogen) atoms. The zero-order valence-electron chi connectivity index (χ0n) is 15.4. The summed E-state index contributed by atoms with van der Waals surface area (Å²) in [6, 6.07) is 11.0. The summed E-state index contributed by atoms with van der Waals surface area (Å²) in [6.45, 7) is 3.97. The fourth-order valence-corrected chi connectivity index (χ4v) is 5.07. The number of carbonyl (C=O) groups excluding carboxylic acids is 1. The van der Waals surface area contributed by atoms with Crippen LogP contribution < -0.4 is 0 Å². The normalized spacial score (nSPS) is 24.2. The van der Waals surface area contributed by atoms with Gasteiger partial charge in [-0.1, -0.05) is 29.8 Å². The van der Waals surface area contributed by atoms with Gasteiger partial charge in [-0.3, -0.25) is 14.8 Å². The minimum absolute atomic E-state index is 0.0408. The highest BCUT2D eigenvalue weighted by Crippen LogP contribution is 2.32. The number of thioether (sulfide) groups is 1. The van der Waals surface area contributed by atoms with Crippen LogP contribution in [0.3, 0.4) is 0 Å². The first-order valence-corrected chi connectivity index (χ1v) is 10.5. The molecule has 1 aromatic carbocycles. The van der Waals surface area contributed by atoms with E-state index in [-0.39, 0.29) is 11.9 Å². The maximum atomic E-state index is 13.2. The van der Waals surface area contributed by atoms with E-state index in [1.165, 1.54) is 17.5 Å². The molecule has 2 aromatic rings. The number of aromatic amines is 1. The largest absolute Gasteiger partial charge is 0.329 e. The molecule has 0 spiro atoms. The molecule has 138 valence electrons. The van der Waals surface area contributed by atoms with Crippen molar-refractivity contribution in [3.05, 3.63) is 52.8 Å².